The Labute approximate surface area is 172 Å². The van der Waals surface area contributed by atoms with Gasteiger partial charge in [-0.25, -0.2) is 9.83 Å². The molecule has 0 spiro atoms. The van der Waals surface area contributed by atoms with E-state index in [1.54, 1.807) is 10.9 Å². The lowest BCUT2D eigenvalue weighted by Crippen LogP contribution is -2.37. The number of halogens is 1. The molecule has 4 rings (SSSR count). The van der Waals surface area contributed by atoms with E-state index in [2.05, 4.69) is 30.7 Å². The first-order chi connectivity index (χ1) is 13.6. The summed E-state index contributed by atoms with van der Waals surface area (Å²) < 4.78 is 2.70. The van der Waals surface area contributed by atoms with Crippen molar-refractivity contribution < 1.29 is 0 Å². The maximum Gasteiger partial charge on any atom is 0.258 e. The molecule has 1 aliphatic heterocycles. The van der Waals surface area contributed by atoms with Crippen molar-refractivity contribution in [1.82, 2.24) is 14.5 Å². The molecule has 0 aliphatic carbocycles. The van der Waals surface area contributed by atoms with E-state index < -0.39 is 0 Å². The summed E-state index contributed by atoms with van der Waals surface area (Å²) in [5.74, 6) is 0. The van der Waals surface area contributed by atoms with Gasteiger partial charge in [0.05, 0.1) is 30.7 Å². The van der Waals surface area contributed by atoms with Crippen molar-refractivity contribution in [3.63, 3.8) is 0 Å². The van der Waals surface area contributed by atoms with Gasteiger partial charge < -0.3 is 0 Å². The molecule has 140 valence electrons. The minimum Gasteiger partial charge on any atom is -0.294 e. The number of benzene rings is 2. The van der Waals surface area contributed by atoms with E-state index in [0.29, 0.717) is 18.8 Å². The first-order valence-corrected chi connectivity index (χ1v) is 9.92. The Kier molecular flexibility index (Phi) is 5.38. The number of fused-ring (bicyclic) bond motifs is 1. The summed E-state index contributed by atoms with van der Waals surface area (Å²) in [6, 6.07) is 15.6. The van der Waals surface area contributed by atoms with Gasteiger partial charge in [0.25, 0.3) is 5.56 Å². The zero-order chi connectivity index (χ0) is 19.5. The molecule has 0 amide bonds. The van der Waals surface area contributed by atoms with Crippen LogP contribution in [-0.4, -0.2) is 21.0 Å². The van der Waals surface area contributed by atoms with Crippen molar-refractivity contribution in [2.75, 3.05) is 6.54 Å². The highest BCUT2D eigenvalue weighted by Crippen LogP contribution is 2.19. The van der Waals surface area contributed by atoms with Crippen LogP contribution in [0.15, 0.2) is 64.1 Å². The quantitative estimate of drug-likeness (QED) is 0.578. The summed E-state index contributed by atoms with van der Waals surface area (Å²) in [4.78, 5) is 23.3. The van der Waals surface area contributed by atoms with Crippen LogP contribution in [0.1, 0.15) is 22.4 Å². The molecular formula is C22H19BrN4O. The van der Waals surface area contributed by atoms with Crippen LogP contribution in [0.4, 0.5) is 5.69 Å². The van der Waals surface area contributed by atoms with Gasteiger partial charge in [0.15, 0.2) is 5.69 Å². The topological polar surface area (TPSA) is 42.5 Å². The van der Waals surface area contributed by atoms with Gasteiger partial charge in [0, 0.05) is 30.5 Å². The fourth-order valence-electron chi connectivity index (χ4n) is 3.52. The van der Waals surface area contributed by atoms with E-state index in [-0.39, 0.29) is 5.56 Å². The Bertz CT molecular complexity index is 1100. The fourth-order valence-corrected chi connectivity index (χ4v) is 3.79. The van der Waals surface area contributed by atoms with Crippen molar-refractivity contribution in [2.45, 2.75) is 26.1 Å². The van der Waals surface area contributed by atoms with Crippen molar-refractivity contribution >= 4 is 21.6 Å². The second-order valence-corrected chi connectivity index (χ2v) is 7.89. The SMILES string of the molecule is [C-]#[N+]c1cccc(CN2CCc3ncn(Cc4ccc(Br)cc4)c(=O)c3C2)c1. The lowest BCUT2D eigenvalue weighted by molar-refractivity contribution is 0.241. The first kappa shape index (κ1) is 18.6. The van der Waals surface area contributed by atoms with Crippen molar-refractivity contribution in [3.8, 4) is 0 Å². The Balaban J connectivity index is 1.54. The predicted molar refractivity (Wildman–Crippen MR) is 112 cm³/mol. The summed E-state index contributed by atoms with van der Waals surface area (Å²) in [6.07, 6.45) is 2.43. The Hall–Kier alpha value is -2.75. The average molecular weight is 435 g/mol. The van der Waals surface area contributed by atoms with Crippen LogP contribution >= 0.6 is 15.9 Å². The second-order valence-electron chi connectivity index (χ2n) is 6.97. The minimum absolute atomic E-state index is 0.0347. The smallest absolute Gasteiger partial charge is 0.258 e. The summed E-state index contributed by atoms with van der Waals surface area (Å²) in [5, 5.41) is 0. The predicted octanol–water partition coefficient (Wildman–Crippen LogP) is 4.16. The fraction of sp³-hybridized carbons (Fsp3) is 0.227. The molecule has 5 nitrogen and oxygen atoms in total. The molecular weight excluding hydrogens is 416 g/mol. The molecule has 0 bridgehead atoms. The molecule has 2 heterocycles. The Morgan fingerprint density at radius 3 is 2.71 bits per heavy atom. The monoisotopic (exact) mass is 434 g/mol. The van der Waals surface area contributed by atoms with Crippen LogP contribution in [0.3, 0.4) is 0 Å². The molecule has 0 saturated heterocycles. The highest BCUT2D eigenvalue weighted by atomic mass is 79.9. The molecule has 1 aliphatic rings. The molecule has 0 fully saturated rings. The molecule has 0 saturated carbocycles. The molecule has 28 heavy (non-hydrogen) atoms. The van der Waals surface area contributed by atoms with Crippen LogP contribution in [-0.2, 0) is 26.1 Å². The van der Waals surface area contributed by atoms with Crippen LogP contribution < -0.4 is 5.56 Å². The molecule has 3 aromatic rings. The number of hydrogen-bond donors (Lipinski definition) is 0. The van der Waals surface area contributed by atoms with E-state index in [1.165, 1.54) is 0 Å². The van der Waals surface area contributed by atoms with Crippen molar-refractivity contribution in [3.05, 3.63) is 103 Å². The third-order valence-electron chi connectivity index (χ3n) is 4.98. The first-order valence-electron chi connectivity index (χ1n) is 9.13. The van der Waals surface area contributed by atoms with Crippen LogP contribution in [0.5, 0.6) is 0 Å². The number of rotatable bonds is 4. The normalized spacial score (nSPS) is 13.7. The lowest BCUT2D eigenvalue weighted by Gasteiger charge is -2.28. The molecule has 1 aromatic heterocycles. The summed E-state index contributed by atoms with van der Waals surface area (Å²) >= 11 is 3.43. The largest absolute Gasteiger partial charge is 0.294 e. The Morgan fingerprint density at radius 1 is 1.11 bits per heavy atom. The summed E-state index contributed by atoms with van der Waals surface area (Å²) in [6.45, 7) is 9.86. The van der Waals surface area contributed by atoms with Crippen LogP contribution in [0.2, 0.25) is 0 Å². The standard InChI is InChI=1S/C22H19BrN4O/c1-24-19-4-2-3-17(11-19)12-26-10-9-21-20(14-26)22(28)27(15-25-21)13-16-5-7-18(23)8-6-16/h2-8,11,15H,9-10,12-14H2. The summed E-state index contributed by atoms with van der Waals surface area (Å²) in [5.41, 5.74) is 4.53. The number of hydrogen-bond acceptors (Lipinski definition) is 3. The molecule has 2 aromatic carbocycles. The van der Waals surface area contributed by atoms with E-state index in [4.69, 9.17) is 6.57 Å². The minimum atomic E-state index is 0.0347. The van der Waals surface area contributed by atoms with E-state index >= 15 is 0 Å². The molecule has 6 heteroatoms. The van der Waals surface area contributed by atoms with Crippen molar-refractivity contribution in [2.24, 2.45) is 0 Å². The van der Waals surface area contributed by atoms with E-state index in [9.17, 15) is 4.79 Å². The van der Waals surface area contributed by atoms with Gasteiger partial charge >= 0.3 is 0 Å². The second kappa shape index (κ2) is 8.09. The zero-order valence-electron chi connectivity index (χ0n) is 15.3. The van der Waals surface area contributed by atoms with Gasteiger partial charge in [0.2, 0.25) is 0 Å². The average Bonchev–Trinajstić information content (AvgIpc) is 2.72. The third-order valence-corrected chi connectivity index (χ3v) is 5.51. The van der Waals surface area contributed by atoms with Crippen LogP contribution in [0, 0.1) is 6.57 Å². The molecule has 0 N–H and O–H groups in total. The van der Waals surface area contributed by atoms with E-state index in [0.717, 1.165) is 46.4 Å². The number of nitrogens with zero attached hydrogens (tertiary/aromatic N) is 4. The van der Waals surface area contributed by atoms with Crippen LogP contribution in [0.25, 0.3) is 4.85 Å². The molecule has 0 unspecified atom stereocenters. The van der Waals surface area contributed by atoms with E-state index in [1.807, 2.05) is 48.5 Å². The van der Waals surface area contributed by atoms with Gasteiger partial charge in [-0.15, -0.1) is 0 Å². The van der Waals surface area contributed by atoms with Gasteiger partial charge in [-0.05, 0) is 23.3 Å². The van der Waals surface area contributed by atoms with Gasteiger partial charge in [0.1, 0.15) is 0 Å². The van der Waals surface area contributed by atoms with Gasteiger partial charge in [-0.2, -0.15) is 0 Å². The number of aromatic nitrogens is 2. The third kappa shape index (κ3) is 4.06. The highest BCUT2D eigenvalue weighted by molar-refractivity contribution is 9.10. The van der Waals surface area contributed by atoms with Gasteiger partial charge in [-0.1, -0.05) is 52.3 Å². The Morgan fingerprint density at radius 2 is 1.93 bits per heavy atom. The maximum atomic E-state index is 13.0. The maximum absolute atomic E-state index is 13.0. The molecule has 0 atom stereocenters. The van der Waals surface area contributed by atoms with Gasteiger partial charge in [-0.3, -0.25) is 14.3 Å². The highest BCUT2D eigenvalue weighted by Gasteiger charge is 2.21. The molecule has 0 radical (unpaired) electrons. The summed E-state index contributed by atoms with van der Waals surface area (Å²) in [7, 11) is 0. The zero-order valence-corrected chi connectivity index (χ0v) is 16.9. The lowest BCUT2D eigenvalue weighted by atomic mass is 10.1. The van der Waals surface area contributed by atoms with Crippen molar-refractivity contribution in [1.29, 1.82) is 0 Å².